The van der Waals surface area contributed by atoms with E-state index in [2.05, 4.69) is 16.0 Å². The monoisotopic (exact) mass is 538 g/mol. The number of carbonyl (C=O) groups excluding carboxylic acids is 3. The van der Waals surface area contributed by atoms with Gasteiger partial charge in [0.1, 0.15) is 11.8 Å². The number of nitrogens with one attached hydrogen (secondary N) is 3. The van der Waals surface area contributed by atoms with E-state index in [0.29, 0.717) is 30.0 Å². The summed E-state index contributed by atoms with van der Waals surface area (Å²) in [4.78, 5) is 40.2. The number of nitrogens with zero attached hydrogens (tertiary/aromatic N) is 1. The first-order valence-electron chi connectivity index (χ1n) is 13.7. The molecule has 0 bridgehead atoms. The number of anilines is 2. The molecular weight excluding hydrogens is 504 g/mol. The Labute approximate surface area is 234 Å². The summed E-state index contributed by atoms with van der Waals surface area (Å²) in [5.74, 6) is 0.121. The van der Waals surface area contributed by atoms with Crippen molar-refractivity contribution in [3.8, 4) is 5.75 Å². The summed E-state index contributed by atoms with van der Waals surface area (Å²) >= 11 is 0. The third-order valence-corrected chi connectivity index (χ3v) is 7.36. The minimum atomic E-state index is -0.529. The van der Waals surface area contributed by atoms with Crippen LogP contribution < -0.4 is 20.7 Å². The predicted octanol–water partition coefficient (Wildman–Crippen LogP) is 4.80. The number of hydrogen-bond acceptors (Lipinski definition) is 5. The second-order valence-corrected chi connectivity index (χ2v) is 10.1. The Morgan fingerprint density at radius 2 is 1.45 bits per heavy atom. The zero-order valence-corrected chi connectivity index (χ0v) is 22.6. The first kappa shape index (κ1) is 27.1. The predicted molar refractivity (Wildman–Crippen MR) is 157 cm³/mol. The summed E-state index contributed by atoms with van der Waals surface area (Å²) < 4.78 is 5.34. The average molecular weight is 539 g/mol. The first-order valence-corrected chi connectivity index (χ1v) is 13.7. The number of para-hydroxylation sites is 1. The summed E-state index contributed by atoms with van der Waals surface area (Å²) in [5.41, 5.74) is 3.91. The van der Waals surface area contributed by atoms with Gasteiger partial charge in [0.25, 0.3) is 5.91 Å². The van der Waals surface area contributed by atoms with Crippen molar-refractivity contribution < 1.29 is 19.1 Å². The molecule has 2 aliphatic rings. The highest BCUT2D eigenvalue weighted by atomic mass is 16.5. The summed E-state index contributed by atoms with van der Waals surface area (Å²) in [6.45, 7) is 1.42. The van der Waals surface area contributed by atoms with Crippen molar-refractivity contribution >= 4 is 41.2 Å². The van der Waals surface area contributed by atoms with Gasteiger partial charge in [-0.1, -0.05) is 48.6 Å². The molecule has 8 nitrogen and oxygen atoms in total. The lowest BCUT2D eigenvalue weighted by molar-refractivity contribution is -0.120. The molecule has 3 amide bonds. The average Bonchev–Trinajstić information content (AvgIpc) is 3.70. The summed E-state index contributed by atoms with van der Waals surface area (Å²) in [5, 5.41) is 9.13. The molecule has 40 heavy (non-hydrogen) atoms. The standard InChI is InChI=1S/C32H34N4O4/c1-40-29-9-3-2-6-26(29)32(39)36-21-5-8-28(36)31(38)35-25-18-14-23(15-19-25)11-10-22-12-16-24(17-13-22)34-30(37)27-7-4-20-33-27/h2-3,6,9-19,27-28,33H,4-5,7-8,20-21H2,1H3,(H,34,37)(H,35,38)/b11-10+/t27-,28-/m0/s1. The van der Waals surface area contributed by atoms with E-state index >= 15 is 0 Å². The SMILES string of the molecule is COc1ccccc1C(=O)N1CCC[C@H]1C(=O)Nc1ccc(/C=C/c2ccc(NC(=O)[C@@H]3CCCN3)cc2)cc1. The van der Waals surface area contributed by atoms with Gasteiger partial charge in [-0.3, -0.25) is 14.4 Å². The van der Waals surface area contributed by atoms with Crippen LogP contribution in [-0.4, -0.2) is 54.9 Å². The van der Waals surface area contributed by atoms with Gasteiger partial charge in [0.05, 0.1) is 18.7 Å². The van der Waals surface area contributed by atoms with E-state index in [9.17, 15) is 14.4 Å². The Hall–Kier alpha value is -4.43. The highest BCUT2D eigenvalue weighted by Crippen LogP contribution is 2.26. The number of rotatable bonds is 8. The maximum absolute atomic E-state index is 13.2. The van der Waals surface area contributed by atoms with Gasteiger partial charge in [0.2, 0.25) is 11.8 Å². The molecule has 2 atom stereocenters. The fourth-order valence-corrected chi connectivity index (χ4v) is 5.17. The highest BCUT2D eigenvalue weighted by Gasteiger charge is 2.35. The second kappa shape index (κ2) is 12.6. The number of likely N-dealkylation sites (tertiary alicyclic amines) is 1. The Bertz CT molecular complexity index is 1380. The van der Waals surface area contributed by atoms with Crippen LogP contribution in [0.1, 0.15) is 47.2 Å². The second-order valence-electron chi connectivity index (χ2n) is 10.1. The van der Waals surface area contributed by atoms with Crippen LogP contribution in [0.3, 0.4) is 0 Å². The topological polar surface area (TPSA) is 99.8 Å². The summed E-state index contributed by atoms with van der Waals surface area (Å²) in [6.07, 6.45) is 7.28. The number of hydrogen-bond donors (Lipinski definition) is 3. The molecule has 206 valence electrons. The van der Waals surface area contributed by atoms with Crippen LogP contribution in [-0.2, 0) is 9.59 Å². The molecule has 5 rings (SSSR count). The normalized spacial score (nSPS) is 18.6. The fraction of sp³-hybridized carbons (Fsp3) is 0.281. The molecule has 0 aromatic heterocycles. The van der Waals surface area contributed by atoms with Gasteiger partial charge in [0, 0.05) is 17.9 Å². The quantitative estimate of drug-likeness (QED) is 0.358. The third-order valence-electron chi connectivity index (χ3n) is 7.36. The largest absolute Gasteiger partial charge is 0.496 e. The fourth-order valence-electron chi connectivity index (χ4n) is 5.17. The maximum atomic E-state index is 13.2. The molecule has 3 N–H and O–H groups in total. The van der Waals surface area contributed by atoms with E-state index < -0.39 is 6.04 Å². The van der Waals surface area contributed by atoms with Crippen molar-refractivity contribution in [3.05, 3.63) is 89.5 Å². The minimum absolute atomic E-state index is 0.0108. The molecule has 3 aromatic rings. The zero-order chi connectivity index (χ0) is 27.9. The molecule has 2 fully saturated rings. The molecule has 8 heteroatoms. The Morgan fingerprint density at radius 1 is 0.825 bits per heavy atom. The van der Waals surface area contributed by atoms with Crippen LogP contribution in [0.4, 0.5) is 11.4 Å². The van der Waals surface area contributed by atoms with Crippen molar-refractivity contribution in [2.24, 2.45) is 0 Å². The molecular formula is C32H34N4O4. The molecule has 2 saturated heterocycles. The Morgan fingerprint density at radius 3 is 2.05 bits per heavy atom. The van der Waals surface area contributed by atoms with Gasteiger partial charge in [-0.25, -0.2) is 0 Å². The van der Waals surface area contributed by atoms with E-state index in [1.165, 1.54) is 7.11 Å². The van der Waals surface area contributed by atoms with Gasteiger partial charge >= 0.3 is 0 Å². The molecule has 0 aliphatic carbocycles. The number of benzene rings is 3. The van der Waals surface area contributed by atoms with E-state index in [-0.39, 0.29) is 23.8 Å². The van der Waals surface area contributed by atoms with Crippen LogP contribution >= 0.6 is 0 Å². The number of ether oxygens (including phenoxy) is 1. The van der Waals surface area contributed by atoms with Crippen LogP contribution in [0.5, 0.6) is 5.75 Å². The van der Waals surface area contributed by atoms with Crippen LogP contribution in [0.25, 0.3) is 12.2 Å². The number of carbonyl (C=O) groups is 3. The minimum Gasteiger partial charge on any atom is -0.496 e. The van der Waals surface area contributed by atoms with Gasteiger partial charge in [-0.05, 0) is 79.8 Å². The van der Waals surface area contributed by atoms with Crippen molar-refractivity contribution in [1.82, 2.24) is 10.2 Å². The maximum Gasteiger partial charge on any atom is 0.258 e. The van der Waals surface area contributed by atoms with Crippen molar-refractivity contribution in [2.75, 3.05) is 30.8 Å². The highest BCUT2D eigenvalue weighted by molar-refractivity contribution is 6.03. The molecule has 0 radical (unpaired) electrons. The molecule has 0 saturated carbocycles. The van der Waals surface area contributed by atoms with E-state index in [4.69, 9.17) is 4.74 Å². The van der Waals surface area contributed by atoms with Crippen LogP contribution in [0.2, 0.25) is 0 Å². The zero-order valence-electron chi connectivity index (χ0n) is 22.6. The van der Waals surface area contributed by atoms with Gasteiger partial charge in [-0.15, -0.1) is 0 Å². The van der Waals surface area contributed by atoms with Gasteiger partial charge in [-0.2, -0.15) is 0 Å². The molecule has 0 unspecified atom stereocenters. The van der Waals surface area contributed by atoms with Crippen molar-refractivity contribution in [2.45, 2.75) is 37.8 Å². The molecule has 2 aliphatic heterocycles. The summed E-state index contributed by atoms with van der Waals surface area (Å²) in [6, 6.07) is 21.7. The summed E-state index contributed by atoms with van der Waals surface area (Å²) in [7, 11) is 1.53. The lowest BCUT2D eigenvalue weighted by Gasteiger charge is -2.24. The Kier molecular flexibility index (Phi) is 8.56. The lowest BCUT2D eigenvalue weighted by Crippen LogP contribution is -2.43. The van der Waals surface area contributed by atoms with Crippen molar-refractivity contribution in [1.29, 1.82) is 0 Å². The lowest BCUT2D eigenvalue weighted by atomic mass is 10.1. The van der Waals surface area contributed by atoms with Crippen LogP contribution in [0.15, 0.2) is 72.8 Å². The molecule has 0 spiro atoms. The first-order chi connectivity index (χ1) is 19.5. The Balaban J connectivity index is 1.16. The van der Waals surface area contributed by atoms with Gasteiger partial charge in [0.15, 0.2) is 0 Å². The van der Waals surface area contributed by atoms with Crippen molar-refractivity contribution in [3.63, 3.8) is 0 Å². The smallest absolute Gasteiger partial charge is 0.258 e. The molecule has 3 aromatic carbocycles. The van der Waals surface area contributed by atoms with E-state index in [1.54, 1.807) is 23.1 Å². The third kappa shape index (κ3) is 6.40. The van der Waals surface area contributed by atoms with E-state index in [0.717, 1.165) is 42.6 Å². The van der Waals surface area contributed by atoms with Crippen LogP contribution in [0, 0.1) is 0 Å². The van der Waals surface area contributed by atoms with E-state index in [1.807, 2.05) is 66.7 Å². The number of methoxy groups -OCH3 is 1. The number of amides is 3. The molecule has 2 heterocycles. The van der Waals surface area contributed by atoms with Gasteiger partial charge < -0.3 is 25.6 Å².